The van der Waals surface area contributed by atoms with Crippen LogP contribution in [-0.4, -0.2) is 37.6 Å². The summed E-state index contributed by atoms with van der Waals surface area (Å²) in [6.45, 7) is 8.85. The largest absolute Gasteiger partial charge is 0.320 e. The van der Waals surface area contributed by atoms with Gasteiger partial charge >= 0.3 is 0 Å². The Hall–Kier alpha value is -0.0800. The van der Waals surface area contributed by atoms with Crippen molar-refractivity contribution in [2.75, 3.05) is 26.7 Å². The average molecular weight is 252 g/mol. The van der Waals surface area contributed by atoms with E-state index < -0.39 is 0 Å². The molecule has 3 unspecified atom stereocenters. The molecule has 0 aromatic carbocycles. The Morgan fingerprint density at radius 1 is 1.06 bits per heavy atom. The molecule has 2 aliphatic rings. The molecule has 18 heavy (non-hydrogen) atoms. The van der Waals surface area contributed by atoms with Gasteiger partial charge in [-0.15, -0.1) is 0 Å². The summed E-state index contributed by atoms with van der Waals surface area (Å²) in [4.78, 5) is 2.82. The molecule has 2 fully saturated rings. The van der Waals surface area contributed by atoms with E-state index in [1.165, 1.54) is 58.2 Å². The summed E-state index contributed by atoms with van der Waals surface area (Å²) >= 11 is 0. The van der Waals surface area contributed by atoms with Crippen LogP contribution in [0.2, 0.25) is 0 Å². The topological polar surface area (TPSA) is 15.3 Å². The maximum Gasteiger partial charge on any atom is 0.0123 e. The van der Waals surface area contributed by atoms with Crippen molar-refractivity contribution in [1.82, 2.24) is 10.2 Å². The molecule has 2 rings (SSSR count). The van der Waals surface area contributed by atoms with Crippen molar-refractivity contribution in [3.05, 3.63) is 0 Å². The Labute approximate surface area is 114 Å². The van der Waals surface area contributed by atoms with Crippen molar-refractivity contribution in [3.63, 3.8) is 0 Å². The van der Waals surface area contributed by atoms with Crippen LogP contribution in [0, 0.1) is 17.8 Å². The van der Waals surface area contributed by atoms with Gasteiger partial charge in [-0.1, -0.05) is 26.7 Å². The molecule has 106 valence electrons. The highest BCUT2D eigenvalue weighted by Crippen LogP contribution is 2.34. The maximum absolute atomic E-state index is 3.29. The summed E-state index contributed by atoms with van der Waals surface area (Å²) in [5, 5.41) is 3.29. The quantitative estimate of drug-likeness (QED) is 0.827. The van der Waals surface area contributed by atoms with Gasteiger partial charge in [-0.05, 0) is 70.1 Å². The number of rotatable bonds is 4. The minimum Gasteiger partial charge on any atom is -0.320 e. The molecule has 3 atom stereocenters. The van der Waals surface area contributed by atoms with Crippen LogP contribution in [-0.2, 0) is 0 Å². The van der Waals surface area contributed by atoms with E-state index in [1.54, 1.807) is 0 Å². The summed E-state index contributed by atoms with van der Waals surface area (Å²) in [5.74, 6) is 2.82. The standard InChI is InChI=1S/C16H32N2/c1-13-5-4-6-16(14(13)2)18-11-8-15(9-12-18)7-10-17-3/h13-17H,4-12H2,1-3H3. The Kier molecular flexibility index (Phi) is 5.50. The fourth-order valence-electron chi connectivity index (χ4n) is 3.99. The zero-order valence-electron chi connectivity index (χ0n) is 12.6. The first-order valence-corrected chi connectivity index (χ1v) is 8.11. The van der Waals surface area contributed by atoms with E-state index in [9.17, 15) is 0 Å². The number of hydrogen-bond acceptors (Lipinski definition) is 2. The lowest BCUT2D eigenvalue weighted by molar-refractivity contribution is 0.0513. The molecule has 0 radical (unpaired) electrons. The van der Waals surface area contributed by atoms with Gasteiger partial charge in [0.1, 0.15) is 0 Å². The summed E-state index contributed by atoms with van der Waals surface area (Å²) < 4.78 is 0. The lowest BCUT2D eigenvalue weighted by Gasteiger charge is -2.44. The first-order chi connectivity index (χ1) is 8.72. The van der Waals surface area contributed by atoms with E-state index in [-0.39, 0.29) is 0 Å². The second kappa shape index (κ2) is 6.91. The molecule has 0 aromatic heterocycles. The maximum atomic E-state index is 3.29. The molecular weight excluding hydrogens is 220 g/mol. The molecule has 0 bridgehead atoms. The van der Waals surface area contributed by atoms with Gasteiger partial charge < -0.3 is 10.2 Å². The molecule has 1 saturated heterocycles. The van der Waals surface area contributed by atoms with E-state index >= 15 is 0 Å². The summed E-state index contributed by atoms with van der Waals surface area (Å²) in [5.41, 5.74) is 0. The second-order valence-electron chi connectivity index (χ2n) is 6.71. The van der Waals surface area contributed by atoms with Crippen LogP contribution < -0.4 is 5.32 Å². The first-order valence-electron chi connectivity index (χ1n) is 8.11. The SMILES string of the molecule is CNCCC1CCN(C2CCCC(C)C2C)CC1. The highest BCUT2D eigenvalue weighted by molar-refractivity contribution is 4.87. The number of hydrogen-bond donors (Lipinski definition) is 1. The average Bonchev–Trinajstić information content (AvgIpc) is 2.40. The van der Waals surface area contributed by atoms with Crippen LogP contribution in [0.1, 0.15) is 52.4 Å². The molecule has 0 amide bonds. The predicted octanol–water partition coefficient (Wildman–Crippen LogP) is 3.13. The normalized spacial score (nSPS) is 35.8. The molecule has 2 nitrogen and oxygen atoms in total. The number of likely N-dealkylation sites (tertiary alicyclic amines) is 1. The van der Waals surface area contributed by atoms with Crippen molar-refractivity contribution in [2.24, 2.45) is 17.8 Å². The Morgan fingerprint density at radius 3 is 2.44 bits per heavy atom. The van der Waals surface area contributed by atoms with Crippen LogP contribution in [0.5, 0.6) is 0 Å². The highest BCUT2D eigenvalue weighted by Gasteiger charge is 2.33. The van der Waals surface area contributed by atoms with Gasteiger partial charge in [0.05, 0.1) is 0 Å². The fourth-order valence-corrected chi connectivity index (χ4v) is 3.99. The summed E-state index contributed by atoms with van der Waals surface area (Å²) in [6, 6.07) is 0.888. The van der Waals surface area contributed by atoms with Gasteiger partial charge in [-0.2, -0.15) is 0 Å². The second-order valence-corrected chi connectivity index (χ2v) is 6.71. The molecule has 0 aromatic rings. The van der Waals surface area contributed by atoms with Crippen molar-refractivity contribution in [2.45, 2.75) is 58.4 Å². The zero-order chi connectivity index (χ0) is 13.0. The zero-order valence-corrected chi connectivity index (χ0v) is 12.6. The van der Waals surface area contributed by atoms with Crippen LogP contribution in [0.3, 0.4) is 0 Å². The fraction of sp³-hybridized carbons (Fsp3) is 1.00. The third kappa shape index (κ3) is 3.48. The summed E-state index contributed by atoms with van der Waals surface area (Å²) in [7, 11) is 2.07. The molecule has 1 saturated carbocycles. The van der Waals surface area contributed by atoms with E-state index in [2.05, 4.69) is 31.1 Å². The van der Waals surface area contributed by atoms with Gasteiger partial charge in [0.2, 0.25) is 0 Å². The number of nitrogens with zero attached hydrogens (tertiary/aromatic N) is 1. The molecule has 1 aliphatic heterocycles. The monoisotopic (exact) mass is 252 g/mol. The molecule has 2 heteroatoms. The Bertz CT molecular complexity index is 233. The van der Waals surface area contributed by atoms with Crippen LogP contribution >= 0.6 is 0 Å². The van der Waals surface area contributed by atoms with Gasteiger partial charge in [0.15, 0.2) is 0 Å². The number of piperidine rings is 1. The van der Waals surface area contributed by atoms with Crippen LogP contribution in [0.15, 0.2) is 0 Å². The molecule has 1 heterocycles. The van der Waals surface area contributed by atoms with Crippen molar-refractivity contribution < 1.29 is 0 Å². The van der Waals surface area contributed by atoms with E-state index in [0.717, 1.165) is 23.8 Å². The van der Waals surface area contributed by atoms with E-state index in [0.29, 0.717) is 0 Å². The third-order valence-corrected chi connectivity index (χ3v) is 5.58. The third-order valence-electron chi connectivity index (χ3n) is 5.58. The highest BCUT2D eigenvalue weighted by atomic mass is 15.2. The first kappa shape index (κ1) is 14.3. The molecule has 1 aliphatic carbocycles. The van der Waals surface area contributed by atoms with Crippen LogP contribution in [0.25, 0.3) is 0 Å². The molecule has 1 N–H and O–H groups in total. The predicted molar refractivity (Wildman–Crippen MR) is 78.8 cm³/mol. The molecule has 0 spiro atoms. The van der Waals surface area contributed by atoms with Gasteiger partial charge in [-0.3, -0.25) is 0 Å². The van der Waals surface area contributed by atoms with Crippen molar-refractivity contribution in [3.8, 4) is 0 Å². The van der Waals surface area contributed by atoms with Gasteiger partial charge in [-0.25, -0.2) is 0 Å². The lowest BCUT2D eigenvalue weighted by atomic mass is 9.76. The van der Waals surface area contributed by atoms with E-state index in [4.69, 9.17) is 0 Å². The minimum absolute atomic E-state index is 0.888. The lowest BCUT2D eigenvalue weighted by Crippen LogP contribution is -2.47. The van der Waals surface area contributed by atoms with Crippen LogP contribution in [0.4, 0.5) is 0 Å². The van der Waals surface area contributed by atoms with E-state index in [1.807, 2.05) is 0 Å². The van der Waals surface area contributed by atoms with Gasteiger partial charge in [0, 0.05) is 6.04 Å². The van der Waals surface area contributed by atoms with Crippen molar-refractivity contribution >= 4 is 0 Å². The smallest absolute Gasteiger partial charge is 0.0123 e. The minimum atomic E-state index is 0.888. The molecular formula is C16H32N2. The van der Waals surface area contributed by atoms with Gasteiger partial charge in [0.25, 0.3) is 0 Å². The Balaban J connectivity index is 1.78. The Morgan fingerprint density at radius 2 is 1.78 bits per heavy atom. The summed E-state index contributed by atoms with van der Waals surface area (Å²) in [6.07, 6.45) is 8.60. The van der Waals surface area contributed by atoms with Crippen molar-refractivity contribution in [1.29, 1.82) is 0 Å². The number of nitrogens with one attached hydrogen (secondary N) is 1.